The number of fused-ring (bicyclic) bond motifs is 3. The number of aromatic nitrogens is 9. The Labute approximate surface area is 675 Å². The van der Waals surface area contributed by atoms with Crippen LogP contribution in [0.1, 0.15) is 110 Å². The number of phenolic OH excluding ortho intramolecular Hbond substituents is 1. The number of sulfonamides is 1. The molecule has 0 aliphatic carbocycles. The minimum atomic E-state index is -3.41. The van der Waals surface area contributed by atoms with Gasteiger partial charge in [0.05, 0.1) is 108 Å². The number of aromatic hydroxyl groups is 1. The molecule has 26 heteroatoms. The lowest BCUT2D eigenvalue weighted by Gasteiger charge is -2.21. The van der Waals surface area contributed by atoms with Gasteiger partial charge in [-0.3, -0.25) is 62.1 Å². The molecule has 6 aromatic heterocycles. The normalized spacial score (nSPS) is 12.0. The first-order valence-corrected chi connectivity index (χ1v) is 39.3. The topological polar surface area (TPSA) is 297 Å². The third-order valence-electron chi connectivity index (χ3n) is 18.9. The highest BCUT2D eigenvalue weighted by molar-refractivity contribution is 7.92. The highest BCUT2D eigenvalue weighted by Gasteiger charge is 2.27. The van der Waals surface area contributed by atoms with Crippen molar-refractivity contribution in [3.8, 4) is 56.6 Å². The zero-order valence-corrected chi connectivity index (χ0v) is 66.3. The van der Waals surface area contributed by atoms with E-state index in [-0.39, 0.29) is 45.4 Å². The SMILES string of the molecule is Cc1cccc(-c2cnc(C)c(C(=O)N[C@@H](C)c3cc4cccc(Cl)c4c(=O)n3-c3ccccc3)n2)c1.Cc1ncc(-c2ccc(NS(C)(=O)=O)cc2)nc1C(=O)N[C@@H](C)c1cc2cccc(Cl)c2c(=O)n1-c1ccccc1.Cc1ncc(-c2cccc(O)c2)nc1C(=O)N[C@@H](C)c1cc2cccc(Cl)c2c(=O)n1-c1ccccc1. The zero-order chi connectivity index (χ0) is 81.5. The summed E-state index contributed by atoms with van der Waals surface area (Å²) in [7, 11) is -3.41. The van der Waals surface area contributed by atoms with Crippen LogP contribution >= 0.6 is 34.8 Å². The predicted molar refractivity (Wildman–Crippen MR) is 453 cm³/mol. The van der Waals surface area contributed by atoms with Gasteiger partial charge in [-0.25, -0.2) is 23.4 Å². The number of para-hydroxylation sites is 3. The van der Waals surface area contributed by atoms with E-state index in [9.17, 15) is 42.3 Å². The number of carbonyl (C=O) groups is 3. The van der Waals surface area contributed by atoms with Crippen LogP contribution < -0.4 is 37.4 Å². The third kappa shape index (κ3) is 17.8. The van der Waals surface area contributed by atoms with E-state index in [1.807, 2.05) is 172 Å². The number of nitrogens with zero attached hydrogens (tertiary/aromatic N) is 9. The highest BCUT2D eigenvalue weighted by Crippen LogP contribution is 2.32. The molecular weight excluding hydrogens is 1530 g/mol. The van der Waals surface area contributed by atoms with Gasteiger partial charge in [0, 0.05) is 56.5 Å². The molecule has 0 saturated heterocycles. The smallest absolute Gasteiger partial charge is 0.272 e. The van der Waals surface area contributed by atoms with Gasteiger partial charge in [0.1, 0.15) is 22.8 Å². The number of carbonyl (C=O) groups excluding carboxylic acids is 3. The van der Waals surface area contributed by atoms with Gasteiger partial charge in [-0.15, -0.1) is 0 Å². The zero-order valence-electron chi connectivity index (χ0n) is 63.3. The van der Waals surface area contributed by atoms with Gasteiger partial charge in [-0.2, -0.15) is 0 Å². The Morgan fingerprint density at radius 1 is 0.391 bits per heavy atom. The summed E-state index contributed by atoms with van der Waals surface area (Å²) in [5.74, 6) is -1.17. The van der Waals surface area contributed by atoms with Gasteiger partial charge >= 0.3 is 0 Å². The number of phenols is 1. The molecule has 0 radical (unpaired) electrons. The lowest BCUT2D eigenvalue weighted by molar-refractivity contribution is 0.0924. The molecule has 3 atom stereocenters. The molecule has 22 nitrogen and oxygen atoms in total. The lowest BCUT2D eigenvalue weighted by atomic mass is 10.1. The van der Waals surface area contributed by atoms with Gasteiger partial charge in [0.25, 0.3) is 34.4 Å². The van der Waals surface area contributed by atoms with Crippen LogP contribution in [0, 0.1) is 27.7 Å². The third-order valence-corrected chi connectivity index (χ3v) is 20.5. The lowest BCUT2D eigenvalue weighted by Crippen LogP contribution is -2.33. The molecule has 0 unspecified atom stereocenters. The van der Waals surface area contributed by atoms with E-state index in [4.69, 9.17) is 34.8 Å². The van der Waals surface area contributed by atoms with Crippen LogP contribution in [0.5, 0.6) is 5.75 Å². The number of anilines is 1. The van der Waals surface area contributed by atoms with Crippen molar-refractivity contribution in [1.29, 1.82) is 0 Å². The number of aryl methyl sites for hydroxylation is 4. The standard InChI is InChI=1S/C30H26ClN5O4S.C30H25ClN4O2.C29H23ClN4O3/c1-18(26-16-21-8-7-11-24(31)27(21)30(38)36(26)23-9-5-4-6-10-23)33-29(37)28-19(2)32-17-25(34-28)20-12-14-22(15-13-20)35-41(3,39)40;1-18-9-7-10-21(15-18)25-17-32-20(3)28(34-25)29(36)33-19(2)26-16-22-11-8-14-24(31)27(22)30(37)35(26)23-12-5-4-6-13-23;1-17(32-28(36)27-18(2)31-16-24(33-27)19-8-6-12-22(35)14-19)25-15-20-9-7-13-23(30)26(20)29(37)34(25)21-10-4-3-5-11-21/h4-18,35H,1-3H3,(H,33,37);4-17,19H,1-3H3,(H,33,36);3-17,35H,1-2H3,(H,32,36)/t18-;19-;17-/m000/s1. The Bertz CT molecular complexity index is 6340. The van der Waals surface area contributed by atoms with Crippen LogP contribution in [0.4, 0.5) is 5.69 Å². The van der Waals surface area contributed by atoms with E-state index in [0.29, 0.717) is 133 Å². The molecule has 3 amide bonds. The average molecular weight is 1610 g/mol. The van der Waals surface area contributed by atoms with Crippen molar-refractivity contribution >= 4 is 101 Å². The maximum Gasteiger partial charge on any atom is 0.272 e. The molecule has 0 fully saturated rings. The van der Waals surface area contributed by atoms with E-state index in [0.717, 1.165) is 17.4 Å². The molecular formula is C89H74Cl3N13O9S. The summed E-state index contributed by atoms with van der Waals surface area (Å²) in [6, 6.07) is 68.6. The second kappa shape index (κ2) is 34.3. The Balaban J connectivity index is 0.000000151. The number of nitrogens with one attached hydrogen (secondary N) is 4. The van der Waals surface area contributed by atoms with E-state index < -0.39 is 40.0 Å². The van der Waals surface area contributed by atoms with Crippen molar-refractivity contribution in [2.45, 2.75) is 66.6 Å². The van der Waals surface area contributed by atoms with Crippen LogP contribution in [0.3, 0.4) is 0 Å². The molecule has 5 N–H and O–H groups in total. The van der Waals surface area contributed by atoms with Crippen molar-refractivity contribution < 1.29 is 27.9 Å². The molecule has 9 aromatic carbocycles. The first-order chi connectivity index (χ1) is 55.2. The summed E-state index contributed by atoms with van der Waals surface area (Å²) >= 11 is 19.2. The van der Waals surface area contributed by atoms with Crippen molar-refractivity contribution in [1.82, 2.24) is 59.6 Å². The van der Waals surface area contributed by atoms with Crippen LogP contribution in [0.25, 0.3) is 83.2 Å². The molecule has 0 aliphatic heterocycles. The molecule has 0 bridgehead atoms. The van der Waals surface area contributed by atoms with Gasteiger partial charge in [0.2, 0.25) is 10.0 Å². The Hall–Kier alpha value is -13.3. The van der Waals surface area contributed by atoms with Crippen LogP contribution in [-0.2, 0) is 10.0 Å². The molecule has 15 rings (SSSR count). The van der Waals surface area contributed by atoms with Gasteiger partial charge in [-0.05, 0) is 168 Å². The maximum absolute atomic E-state index is 13.7. The van der Waals surface area contributed by atoms with Crippen molar-refractivity contribution in [3.05, 3.63) is 358 Å². The number of rotatable bonds is 17. The van der Waals surface area contributed by atoms with E-state index >= 15 is 0 Å². The quantitative estimate of drug-likeness (QED) is 0.0566. The van der Waals surface area contributed by atoms with Gasteiger partial charge in [0.15, 0.2) is 0 Å². The number of hydrogen-bond donors (Lipinski definition) is 5. The Morgan fingerprint density at radius 3 is 1.04 bits per heavy atom. The molecule has 15 aromatic rings. The molecule has 115 heavy (non-hydrogen) atoms. The Morgan fingerprint density at radius 2 is 0.713 bits per heavy atom. The number of hydrogen-bond acceptors (Lipinski definition) is 15. The number of halogens is 3. The second-order valence-electron chi connectivity index (χ2n) is 27.3. The highest BCUT2D eigenvalue weighted by atomic mass is 35.5. The fraction of sp³-hybridized carbons (Fsp3) is 0.124. The molecule has 6 heterocycles. The van der Waals surface area contributed by atoms with E-state index in [1.54, 1.807) is 145 Å². The summed E-state index contributed by atoms with van der Waals surface area (Å²) in [6.07, 6.45) is 5.86. The fourth-order valence-electron chi connectivity index (χ4n) is 13.3. The maximum atomic E-state index is 13.7. The first-order valence-electron chi connectivity index (χ1n) is 36.3. The summed E-state index contributed by atoms with van der Waals surface area (Å²) in [5.41, 5.74) is 10.1. The van der Waals surface area contributed by atoms with Gasteiger partial charge < -0.3 is 21.1 Å². The minimum Gasteiger partial charge on any atom is -0.508 e. The van der Waals surface area contributed by atoms with Crippen molar-refractivity contribution in [2.24, 2.45) is 0 Å². The van der Waals surface area contributed by atoms with Crippen LogP contribution in [0.2, 0.25) is 15.1 Å². The molecule has 0 spiro atoms. The summed E-state index contributed by atoms with van der Waals surface area (Å²) in [5, 5.41) is 23.2. The number of benzene rings is 9. The van der Waals surface area contributed by atoms with Crippen LogP contribution in [-0.4, -0.2) is 81.1 Å². The summed E-state index contributed by atoms with van der Waals surface area (Å²) in [6.45, 7) is 12.6. The van der Waals surface area contributed by atoms with Crippen LogP contribution in [0.15, 0.2) is 270 Å². The monoisotopic (exact) mass is 1610 g/mol. The Kier molecular flexibility index (Phi) is 23.8. The summed E-state index contributed by atoms with van der Waals surface area (Å²) < 4.78 is 30.1. The van der Waals surface area contributed by atoms with E-state index in [1.165, 1.54) is 0 Å². The number of amides is 3. The molecule has 576 valence electrons. The first kappa shape index (κ1) is 79.8. The molecule has 0 saturated carbocycles. The fourth-order valence-corrected chi connectivity index (χ4v) is 14.7. The van der Waals surface area contributed by atoms with Crippen molar-refractivity contribution in [2.75, 3.05) is 11.0 Å². The number of pyridine rings is 3. The summed E-state index contributed by atoms with van der Waals surface area (Å²) in [4.78, 5) is 108. The second-order valence-corrected chi connectivity index (χ2v) is 30.2. The average Bonchev–Trinajstić information content (AvgIpc) is 0.766. The molecule has 0 aliphatic rings. The predicted octanol–water partition coefficient (Wildman–Crippen LogP) is 17.1. The van der Waals surface area contributed by atoms with Crippen molar-refractivity contribution in [3.63, 3.8) is 0 Å². The largest absolute Gasteiger partial charge is 0.508 e. The van der Waals surface area contributed by atoms with Gasteiger partial charge in [-0.1, -0.05) is 174 Å². The van der Waals surface area contributed by atoms with E-state index in [2.05, 4.69) is 50.6 Å². The minimum absolute atomic E-state index is 0.0924.